The summed E-state index contributed by atoms with van der Waals surface area (Å²) < 4.78 is 5.35. The fraction of sp³-hybridized carbons (Fsp3) is 0.200. The van der Waals surface area contributed by atoms with E-state index in [0.717, 1.165) is 11.3 Å². The third kappa shape index (κ3) is 3.98. The monoisotopic (exact) mass is 271 g/mol. The van der Waals surface area contributed by atoms with Gasteiger partial charge in [0.15, 0.2) is 0 Å². The first-order valence-electron chi connectivity index (χ1n) is 6.40. The molecule has 20 heavy (non-hydrogen) atoms. The van der Waals surface area contributed by atoms with Crippen LogP contribution in [0.25, 0.3) is 0 Å². The number of aromatic nitrogens is 1. The first-order valence-corrected chi connectivity index (χ1v) is 6.40. The van der Waals surface area contributed by atoms with Gasteiger partial charge in [0.25, 0.3) is 0 Å². The van der Waals surface area contributed by atoms with E-state index < -0.39 is 0 Å². The number of ether oxygens (including phenoxy) is 1. The Labute approximate surface area is 117 Å². The van der Waals surface area contributed by atoms with E-state index in [2.05, 4.69) is 10.3 Å². The largest absolute Gasteiger partial charge is 0.494 e. The van der Waals surface area contributed by atoms with E-state index in [1.54, 1.807) is 12.1 Å². The molecule has 0 bridgehead atoms. The van der Waals surface area contributed by atoms with Gasteiger partial charge in [-0.25, -0.2) is 4.98 Å². The molecule has 1 aromatic heterocycles. The number of benzene rings is 1. The second-order valence-electron chi connectivity index (χ2n) is 4.28. The summed E-state index contributed by atoms with van der Waals surface area (Å²) in [6.45, 7) is 2.56. The van der Waals surface area contributed by atoms with Gasteiger partial charge >= 0.3 is 0 Å². The van der Waals surface area contributed by atoms with Crippen molar-refractivity contribution in [3.63, 3.8) is 0 Å². The predicted molar refractivity (Wildman–Crippen MR) is 78.6 cm³/mol. The highest BCUT2D eigenvalue weighted by Crippen LogP contribution is 2.13. The Hall–Kier alpha value is -2.56. The lowest BCUT2D eigenvalue weighted by Gasteiger charge is -2.06. The smallest absolute Gasteiger partial charge is 0.229 e. The number of hydrogen-bond donors (Lipinski definition) is 2. The third-order valence-electron chi connectivity index (χ3n) is 2.65. The van der Waals surface area contributed by atoms with Gasteiger partial charge in [-0.2, -0.15) is 0 Å². The molecule has 2 aromatic rings. The number of hydrogen-bond acceptors (Lipinski definition) is 4. The maximum absolute atomic E-state index is 11.9. The summed E-state index contributed by atoms with van der Waals surface area (Å²) in [5.41, 5.74) is 7.02. The zero-order valence-corrected chi connectivity index (χ0v) is 11.3. The van der Waals surface area contributed by atoms with Crippen LogP contribution >= 0.6 is 0 Å². The minimum absolute atomic E-state index is 0.119. The fourth-order valence-corrected chi connectivity index (χ4v) is 1.72. The lowest BCUT2D eigenvalue weighted by atomic mass is 10.1. The lowest BCUT2D eigenvalue weighted by molar-refractivity contribution is -0.115. The molecule has 0 aliphatic heterocycles. The minimum Gasteiger partial charge on any atom is -0.494 e. The number of carbonyl (C=O) groups is 1. The van der Waals surface area contributed by atoms with Gasteiger partial charge in [-0.1, -0.05) is 12.1 Å². The molecule has 2 rings (SSSR count). The molecule has 0 atom stereocenters. The number of nitrogens with zero attached hydrogens (tertiary/aromatic N) is 1. The topological polar surface area (TPSA) is 77.2 Å². The van der Waals surface area contributed by atoms with Crippen molar-refractivity contribution in [1.29, 1.82) is 0 Å². The van der Waals surface area contributed by atoms with Gasteiger partial charge < -0.3 is 15.8 Å². The van der Waals surface area contributed by atoms with Gasteiger partial charge in [-0.15, -0.1) is 0 Å². The summed E-state index contributed by atoms with van der Waals surface area (Å²) in [5, 5.41) is 2.72. The van der Waals surface area contributed by atoms with E-state index in [1.165, 1.54) is 6.20 Å². The van der Waals surface area contributed by atoms with Crippen LogP contribution in [0.1, 0.15) is 12.5 Å². The predicted octanol–water partition coefficient (Wildman–Crippen LogP) is 2.24. The Balaban J connectivity index is 1.92. The number of carbonyl (C=O) groups excluding carboxylic acids is 1. The molecule has 1 heterocycles. The molecule has 1 amide bonds. The summed E-state index contributed by atoms with van der Waals surface area (Å²) in [6.07, 6.45) is 1.80. The van der Waals surface area contributed by atoms with Crippen molar-refractivity contribution in [3.05, 3.63) is 48.2 Å². The average molecular weight is 271 g/mol. The van der Waals surface area contributed by atoms with Crippen LogP contribution in [0.2, 0.25) is 0 Å². The highest BCUT2D eigenvalue weighted by atomic mass is 16.5. The zero-order valence-electron chi connectivity index (χ0n) is 11.3. The standard InChI is InChI=1S/C15H17N3O2/c1-2-20-13-6-3-11(4-7-13)9-15(19)18-14-8-5-12(16)10-17-14/h3-8,10H,2,9,16H2,1H3,(H,17,18,19). The van der Waals surface area contributed by atoms with Crippen LogP contribution < -0.4 is 15.8 Å². The van der Waals surface area contributed by atoms with Crippen molar-refractivity contribution in [3.8, 4) is 5.75 Å². The van der Waals surface area contributed by atoms with E-state index in [1.807, 2.05) is 31.2 Å². The maximum atomic E-state index is 11.9. The Morgan fingerprint density at radius 2 is 2.00 bits per heavy atom. The average Bonchev–Trinajstić information content (AvgIpc) is 2.44. The summed E-state index contributed by atoms with van der Waals surface area (Å²) in [7, 11) is 0. The molecule has 0 aliphatic rings. The first-order chi connectivity index (χ1) is 9.67. The van der Waals surface area contributed by atoms with Crippen molar-refractivity contribution in [2.75, 3.05) is 17.7 Å². The Bertz CT molecular complexity index is 565. The number of nitrogen functional groups attached to an aromatic ring is 1. The van der Waals surface area contributed by atoms with Gasteiger partial charge in [-0.3, -0.25) is 4.79 Å². The number of nitrogens with one attached hydrogen (secondary N) is 1. The minimum atomic E-state index is -0.119. The van der Waals surface area contributed by atoms with Crippen molar-refractivity contribution in [2.24, 2.45) is 0 Å². The molecule has 0 aliphatic carbocycles. The zero-order chi connectivity index (χ0) is 14.4. The van der Waals surface area contributed by atoms with Gasteiger partial charge in [-0.05, 0) is 36.8 Å². The molecule has 5 heteroatoms. The molecular formula is C15H17N3O2. The van der Waals surface area contributed by atoms with Crippen LogP contribution in [0.5, 0.6) is 5.75 Å². The van der Waals surface area contributed by atoms with Crippen LogP contribution in [0, 0.1) is 0 Å². The fourth-order valence-electron chi connectivity index (χ4n) is 1.72. The van der Waals surface area contributed by atoms with E-state index >= 15 is 0 Å². The Morgan fingerprint density at radius 3 is 2.60 bits per heavy atom. The molecule has 3 N–H and O–H groups in total. The summed E-state index contributed by atoms with van der Waals surface area (Å²) >= 11 is 0. The maximum Gasteiger partial charge on any atom is 0.229 e. The Kier molecular flexibility index (Phi) is 4.55. The second-order valence-corrected chi connectivity index (χ2v) is 4.28. The lowest BCUT2D eigenvalue weighted by Crippen LogP contribution is -2.15. The molecule has 0 saturated heterocycles. The van der Waals surface area contributed by atoms with Crippen molar-refractivity contribution in [1.82, 2.24) is 4.98 Å². The van der Waals surface area contributed by atoms with E-state index in [4.69, 9.17) is 10.5 Å². The van der Waals surface area contributed by atoms with Crippen molar-refractivity contribution >= 4 is 17.4 Å². The molecule has 0 spiro atoms. The van der Waals surface area contributed by atoms with Crippen LogP contribution in [-0.2, 0) is 11.2 Å². The SMILES string of the molecule is CCOc1ccc(CC(=O)Nc2ccc(N)cn2)cc1. The highest BCUT2D eigenvalue weighted by molar-refractivity contribution is 5.91. The molecule has 0 fully saturated rings. The van der Waals surface area contributed by atoms with Crippen LogP contribution in [0.4, 0.5) is 11.5 Å². The summed E-state index contributed by atoms with van der Waals surface area (Å²) in [6, 6.07) is 10.8. The number of rotatable bonds is 5. The normalized spacial score (nSPS) is 10.1. The number of anilines is 2. The quantitative estimate of drug-likeness (QED) is 0.874. The number of amides is 1. The van der Waals surface area contributed by atoms with E-state index in [0.29, 0.717) is 24.5 Å². The summed E-state index contributed by atoms with van der Waals surface area (Å²) in [4.78, 5) is 15.9. The molecule has 0 radical (unpaired) electrons. The molecular weight excluding hydrogens is 254 g/mol. The van der Waals surface area contributed by atoms with Gasteiger partial charge in [0.05, 0.1) is 24.9 Å². The highest BCUT2D eigenvalue weighted by Gasteiger charge is 2.05. The summed E-state index contributed by atoms with van der Waals surface area (Å²) in [5.74, 6) is 1.18. The van der Waals surface area contributed by atoms with Gasteiger partial charge in [0.1, 0.15) is 11.6 Å². The second kappa shape index (κ2) is 6.56. The van der Waals surface area contributed by atoms with Crippen LogP contribution in [0.3, 0.4) is 0 Å². The number of pyridine rings is 1. The molecule has 0 unspecified atom stereocenters. The molecule has 0 saturated carbocycles. The van der Waals surface area contributed by atoms with E-state index in [9.17, 15) is 4.79 Å². The first kappa shape index (κ1) is 13.9. The van der Waals surface area contributed by atoms with Gasteiger partial charge in [0, 0.05) is 0 Å². The van der Waals surface area contributed by atoms with Crippen molar-refractivity contribution in [2.45, 2.75) is 13.3 Å². The molecule has 5 nitrogen and oxygen atoms in total. The third-order valence-corrected chi connectivity index (χ3v) is 2.65. The number of nitrogens with two attached hydrogens (primary N) is 1. The molecule has 1 aromatic carbocycles. The van der Waals surface area contributed by atoms with E-state index in [-0.39, 0.29) is 5.91 Å². The van der Waals surface area contributed by atoms with Crippen LogP contribution in [-0.4, -0.2) is 17.5 Å². The van der Waals surface area contributed by atoms with Crippen molar-refractivity contribution < 1.29 is 9.53 Å². The van der Waals surface area contributed by atoms with Gasteiger partial charge in [0.2, 0.25) is 5.91 Å². The Morgan fingerprint density at radius 1 is 1.25 bits per heavy atom. The molecule has 104 valence electrons. The van der Waals surface area contributed by atoms with Crippen LogP contribution in [0.15, 0.2) is 42.6 Å².